The molecule has 0 radical (unpaired) electrons. The molecule has 0 unspecified atom stereocenters. The number of hydrogen-bond donors (Lipinski definition) is 2. The normalized spacial score (nSPS) is 12.3. The Morgan fingerprint density at radius 1 is 1.38 bits per heavy atom. The summed E-state index contributed by atoms with van der Waals surface area (Å²) < 4.78 is 1.93. The molecule has 0 aliphatic rings. The number of phenolic OH excluding ortho intramolecular Hbond substituents is 1. The standard InChI is InChI=1S/C15H20AsN3O2/c1-16(2)13(9-12-3-5-14(20)6-4-12)10-18-15(21)19-8-7-17-11-19/h3-8,11,13,20H,9-10H2,1-2H3,(H,18,21)/t13-/m0/s1. The molecule has 0 bridgehead atoms. The molecule has 1 heterocycles. The zero-order chi connectivity index (χ0) is 15.2. The molecular formula is C15H20AsN3O2. The first-order valence-electron chi connectivity index (χ1n) is 6.77. The first-order valence-corrected chi connectivity index (χ1v) is 11.6. The Hall–Kier alpha value is -1.74. The van der Waals surface area contributed by atoms with E-state index < -0.39 is 14.7 Å². The van der Waals surface area contributed by atoms with Gasteiger partial charge in [0, 0.05) is 0 Å². The van der Waals surface area contributed by atoms with Crippen molar-refractivity contribution in [3.8, 4) is 5.75 Å². The minimum atomic E-state index is -0.975. The summed E-state index contributed by atoms with van der Waals surface area (Å²) >= 11 is -0.975. The number of carbonyl (C=O) groups is 1. The third-order valence-electron chi connectivity index (χ3n) is 3.37. The van der Waals surface area contributed by atoms with Gasteiger partial charge < -0.3 is 0 Å². The maximum atomic E-state index is 11.9. The number of carbonyl (C=O) groups excluding carboxylic acids is 1. The first-order chi connectivity index (χ1) is 10.1. The SMILES string of the molecule is C[As](C)[C@H](CNC(=O)n1ccnc1)Cc1ccc(O)cc1. The Morgan fingerprint density at radius 2 is 2.10 bits per heavy atom. The number of benzene rings is 1. The molecule has 5 nitrogen and oxygen atoms in total. The van der Waals surface area contributed by atoms with Crippen LogP contribution >= 0.6 is 0 Å². The zero-order valence-corrected chi connectivity index (χ0v) is 14.1. The Balaban J connectivity index is 1.93. The fourth-order valence-corrected chi connectivity index (χ4v) is 4.18. The van der Waals surface area contributed by atoms with E-state index in [0.717, 1.165) is 6.42 Å². The quantitative estimate of drug-likeness (QED) is 0.815. The number of amides is 1. The molecule has 0 aliphatic carbocycles. The molecule has 6 heteroatoms. The molecule has 0 aliphatic heterocycles. The van der Waals surface area contributed by atoms with E-state index in [1.807, 2.05) is 12.1 Å². The van der Waals surface area contributed by atoms with Crippen molar-refractivity contribution in [1.82, 2.24) is 14.9 Å². The zero-order valence-electron chi connectivity index (χ0n) is 12.2. The van der Waals surface area contributed by atoms with Gasteiger partial charge in [0.25, 0.3) is 0 Å². The molecule has 0 spiro atoms. The number of rotatable bonds is 5. The molecule has 2 rings (SSSR count). The van der Waals surface area contributed by atoms with Crippen LogP contribution in [0.3, 0.4) is 0 Å². The topological polar surface area (TPSA) is 67.2 Å². The van der Waals surface area contributed by atoms with Crippen LogP contribution in [0.5, 0.6) is 5.75 Å². The molecule has 0 saturated heterocycles. The van der Waals surface area contributed by atoms with Gasteiger partial charge in [-0.25, -0.2) is 0 Å². The fraction of sp³-hybridized carbons (Fsp3) is 0.333. The first kappa shape index (κ1) is 15.6. The van der Waals surface area contributed by atoms with Gasteiger partial charge >= 0.3 is 129 Å². The molecule has 21 heavy (non-hydrogen) atoms. The van der Waals surface area contributed by atoms with Crippen molar-refractivity contribution >= 4 is 20.7 Å². The maximum absolute atomic E-state index is 11.9. The van der Waals surface area contributed by atoms with Crippen molar-refractivity contribution in [3.05, 3.63) is 48.5 Å². The van der Waals surface area contributed by atoms with Crippen molar-refractivity contribution in [1.29, 1.82) is 0 Å². The van der Waals surface area contributed by atoms with Gasteiger partial charge in [0.2, 0.25) is 0 Å². The summed E-state index contributed by atoms with van der Waals surface area (Å²) in [6, 6.07) is 7.16. The summed E-state index contributed by atoms with van der Waals surface area (Å²) in [6.45, 7) is 0.672. The Morgan fingerprint density at radius 3 is 2.67 bits per heavy atom. The van der Waals surface area contributed by atoms with Crippen LogP contribution in [-0.2, 0) is 6.42 Å². The predicted molar refractivity (Wildman–Crippen MR) is 84.1 cm³/mol. The third kappa shape index (κ3) is 4.64. The van der Waals surface area contributed by atoms with Crippen LogP contribution in [0.2, 0.25) is 16.1 Å². The summed E-state index contributed by atoms with van der Waals surface area (Å²) in [6.07, 6.45) is 5.65. The summed E-state index contributed by atoms with van der Waals surface area (Å²) in [5, 5.41) is 12.3. The van der Waals surface area contributed by atoms with Gasteiger partial charge in [0.15, 0.2) is 0 Å². The number of aromatic nitrogens is 2. The second-order valence-corrected chi connectivity index (χ2v) is 10.7. The van der Waals surface area contributed by atoms with Gasteiger partial charge in [-0.3, -0.25) is 0 Å². The van der Waals surface area contributed by atoms with Gasteiger partial charge in [-0.1, -0.05) is 0 Å². The van der Waals surface area contributed by atoms with Gasteiger partial charge in [-0.2, -0.15) is 0 Å². The predicted octanol–water partition coefficient (Wildman–Crippen LogP) is 2.51. The Bertz CT molecular complexity index is 567. The molecular weight excluding hydrogens is 329 g/mol. The second-order valence-electron chi connectivity index (χ2n) is 5.14. The average Bonchev–Trinajstić information content (AvgIpc) is 2.99. The van der Waals surface area contributed by atoms with E-state index in [-0.39, 0.29) is 11.8 Å². The van der Waals surface area contributed by atoms with Crippen LogP contribution < -0.4 is 5.32 Å². The molecule has 1 atom stereocenters. The van der Waals surface area contributed by atoms with Crippen LogP contribution in [0, 0.1) is 0 Å². The van der Waals surface area contributed by atoms with Gasteiger partial charge in [-0.15, -0.1) is 0 Å². The Kier molecular flexibility index (Phi) is 5.45. The summed E-state index contributed by atoms with van der Waals surface area (Å²) in [7, 11) is 0. The van der Waals surface area contributed by atoms with Crippen LogP contribution in [0.4, 0.5) is 4.79 Å². The van der Waals surface area contributed by atoms with E-state index in [0.29, 0.717) is 11.3 Å². The summed E-state index contributed by atoms with van der Waals surface area (Å²) in [5.41, 5.74) is 5.78. The Labute approximate surface area is 129 Å². The number of aromatic hydroxyl groups is 1. The molecule has 0 saturated carbocycles. The van der Waals surface area contributed by atoms with Gasteiger partial charge in [-0.05, 0) is 0 Å². The van der Waals surface area contributed by atoms with Gasteiger partial charge in [0.05, 0.1) is 0 Å². The molecule has 1 aromatic carbocycles. The van der Waals surface area contributed by atoms with Crippen LogP contribution in [0.15, 0.2) is 43.0 Å². The van der Waals surface area contributed by atoms with Gasteiger partial charge in [0.1, 0.15) is 0 Å². The van der Waals surface area contributed by atoms with Crippen molar-refractivity contribution < 1.29 is 9.90 Å². The number of imidazole rings is 1. The van der Waals surface area contributed by atoms with E-state index in [1.165, 1.54) is 16.5 Å². The summed E-state index contributed by atoms with van der Waals surface area (Å²) in [4.78, 5) is 15.8. The fourth-order valence-electron chi connectivity index (χ4n) is 2.02. The van der Waals surface area contributed by atoms with Crippen molar-refractivity contribution in [2.45, 2.75) is 22.5 Å². The van der Waals surface area contributed by atoms with Crippen molar-refractivity contribution in [2.24, 2.45) is 0 Å². The number of hydrogen-bond acceptors (Lipinski definition) is 3. The van der Waals surface area contributed by atoms with Crippen LogP contribution in [-0.4, -0.2) is 41.9 Å². The van der Waals surface area contributed by atoms with Crippen molar-refractivity contribution in [2.75, 3.05) is 6.54 Å². The van der Waals surface area contributed by atoms with E-state index in [1.54, 1.807) is 24.5 Å². The molecule has 2 aromatic rings. The monoisotopic (exact) mass is 349 g/mol. The molecule has 112 valence electrons. The molecule has 0 fully saturated rings. The van der Waals surface area contributed by atoms with Crippen LogP contribution in [0.1, 0.15) is 5.56 Å². The summed E-state index contributed by atoms with van der Waals surface area (Å²) in [5.74, 6) is 0.283. The van der Waals surface area contributed by atoms with E-state index in [4.69, 9.17) is 0 Å². The molecule has 1 aromatic heterocycles. The van der Waals surface area contributed by atoms with Crippen LogP contribution in [0.25, 0.3) is 0 Å². The average molecular weight is 349 g/mol. The molecule has 2 N–H and O–H groups in total. The van der Waals surface area contributed by atoms with E-state index in [9.17, 15) is 9.90 Å². The number of nitrogens with one attached hydrogen (secondary N) is 1. The van der Waals surface area contributed by atoms with Crippen molar-refractivity contribution in [3.63, 3.8) is 0 Å². The third-order valence-corrected chi connectivity index (χ3v) is 7.20. The number of phenols is 1. The second kappa shape index (κ2) is 7.32. The number of nitrogens with zero attached hydrogens (tertiary/aromatic N) is 2. The van der Waals surface area contributed by atoms with E-state index in [2.05, 4.69) is 21.7 Å². The molecule has 1 amide bonds. The van der Waals surface area contributed by atoms with E-state index >= 15 is 0 Å². The minimum absolute atomic E-state index is 0.140.